The smallest absolute Gasteiger partial charge is 0.157 e. The lowest BCUT2D eigenvalue weighted by atomic mass is 9.73. The summed E-state index contributed by atoms with van der Waals surface area (Å²) < 4.78 is 0. The first kappa shape index (κ1) is 13.1. The van der Waals surface area contributed by atoms with Crippen LogP contribution in [0.2, 0.25) is 0 Å². The molecule has 3 nitrogen and oxygen atoms in total. The maximum Gasteiger partial charge on any atom is 0.157 e. The van der Waals surface area contributed by atoms with E-state index in [2.05, 4.69) is 6.92 Å². The number of carbonyl (C=O) groups excluding carboxylic acids is 1. The lowest BCUT2D eigenvalue weighted by Gasteiger charge is -2.35. The molecule has 2 rings (SSSR count). The number of carbonyl (C=O) groups is 1. The van der Waals surface area contributed by atoms with Gasteiger partial charge in [0, 0.05) is 6.42 Å². The Kier molecular flexibility index (Phi) is 3.71. The number of Topliss-reactive ketones (excluding diaryl/α,β-unsaturated/α-hetero) is 1. The van der Waals surface area contributed by atoms with Gasteiger partial charge in [-0.25, -0.2) is 0 Å². The predicted octanol–water partition coefficient (Wildman–Crippen LogP) is 2.41. The van der Waals surface area contributed by atoms with Crippen LogP contribution in [0.3, 0.4) is 0 Å². The van der Waals surface area contributed by atoms with Crippen LogP contribution in [0.5, 0.6) is 5.75 Å². The molecule has 1 fully saturated rings. The molecule has 0 saturated heterocycles. The highest BCUT2D eigenvalue weighted by atomic mass is 16.3. The first-order valence-corrected chi connectivity index (χ1v) is 6.60. The zero-order valence-corrected chi connectivity index (χ0v) is 10.9. The second kappa shape index (κ2) is 5.11. The van der Waals surface area contributed by atoms with Gasteiger partial charge in [0.05, 0.1) is 5.54 Å². The lowest BCUT2D eigenvalue weighted by molar-refractivity contribution is -0.125. The molecule has 2 unspecified atom stereocenters. The Balaban J connectivity index is 2.04. The van der Waals surface area contributed by atoms with E-state index in [4.69, 9.17) is 5.73 Å². The van der Waals surface area contributed by atoms with Crippen molar-refractivity contribution in [1.29, 1.82) is 0 Å². The molecule has 0 spiro atoms. The number of hydrogen-bond acceptors (Lipinski definition) is 3. The highest BCUT2D eigenvalue weighted by Gasteiger charge is 2.37. The van der Waals surface area contributed by atoms with Crippen LogP contribution in [0.15, 0.2) is 24.3 Å². The maximum absolute atomic E-state index is 12.3. The molecule has 18 heavy (non-hydrogen) atoms. The molecule has 1 aliphatic carbocycles. The average molecular weight is 247 g/mol. The number of aromatic hydroxyl groups is 1. The lowest BCUT2D eigenvalue weighted by Crippen LogP contribution is -2.51. The van der Waals surface area contributed by atoms with Crippen LogP contribution in [-0.2, 0) is 11.2 Å². The second-order valence-electron chi connectivity index (χ2n) is 5.62. The van der Waals surface area contributed by atoms with E-state index in [0.29, 0.717) is 12.3 Å². The van der Waals surface area contributed by atoms with Gasteiger partial charge in [-0.15, -0.1) is 0 Å². The average Bonchev–Trinajstić information content (AvgIpc) is 2.32. The third kappa shape index (κ3) is 2.91. The van der Waals surface area contributed by atoms with Gasteiger partial charge in [0.15, 0.2) is 5.78 Å². The summed E-state index contributed by atoms with van der Waals surface area (Å²) in [7, 11) is 0. The van der Waals surface area contributed by atoms with Crippen molar-refractivity contribution in [2.24, 2.45) is 11.7 Å². The molecule has 0 bridgehead atoms. The molecule has 0 heterocycles. The zero-order valence-electron chi connectivity index (χ0n) is 10.9. The van der Waals surface area contributed by atoms with E-state index in [1.165, 1.54) is 6.42 Å². The van der Waals surface area contributed by atoms with Crippen molar-refractivity contribution in [2.45, 2.75) is 44.6 Å². The molecular formula is C15H21NO2. The Morgan fingerprint density at radius 3 is 2.72 bits per heavy atom. The molecule has 0 aromatic heterocycles. The van der Waals surface area contributed by atoms with Crippen molar-refractivity contribution in [2.75, 3.05) is 0 Å². The summed E-state index contributed by atoms with van der Waals surface area (Å²) in [5.41, 5.74) is 6.55. The van der Waals surface area contributed by atoms with E-state index >= 15 is 0 Å². The molecular weight excluding hydrogens is 226 g/mol. The monoisotopic (exact) mass is 247 g/mol. The molecule has 1 saturated carbocycles. The van der Waals surface area contributed by atoms with Gasteiger partial charge in [-0.05, 0) is 36.5 Å². The van der Waals surface area contributed by atoms with Crippen molar-refractivity contribution < 1.29 is 9.90 Å². The Labute approximate surface area is 108 Å². The van der Waals surface area contributed by atoms with E-state index in [1.807, 2.05) is 0 Å². The van der Waals surface area contributed by atoms with Gasteiger partial charge in [0.2, 0.25) is 0 Å². The molecule has 2 atom stereocenters. The largest absolute Gasteiger partial charge is 0.508 e. The van der Waals surface area contributed by atoms with E-state index in [9.17, 15) is 9.90 Å². The highest BCUT2D eigenvalue weighted by molar-refractivity contribution is 5.90. The first-order valence-electron chi connectivity index (χ1n) is 6.60. The minimum Gasteiger partial charge on any atom is -0.508 e. The van der Waals surface area contributed by atoms with Crippen LogP contribution in [0.25, 0.3) is 0 Å². The van der Waals surface area contributed by atoms with Crippen molar-refractivity contribution in [3.05, 3.63) is 29.8 Å². The fraction of sp³-hybridized carbons (Fsp3) is 0.533. The highest BCUT2D eigenvalue weighted by Crippen LogP contribution is 2.31. The number of phenolic OH excluding ortho intramolecular Hbond substituents is 1. The second-order valence-corrected chi connectivity index (χ2v) is 5.62. The summed E-state index contributed by atoms with van der Waals surface area (Å²) in [6.07, 6.45) is 4.17. The predicted molar refractivity (Wildman–Crippen MR) is 71.4 cm³/mol. The molecule has 98 valence electrons. The third-order valence-corrected chi connectivity index (χ3v) is 3.89. The van der Waals surface area contributed by atoms with E-state index in [-0.39, 0.29) is 11.5 Å². The molecule has 3 heteroatoms. The number of rotatable bonds is 3. The minimum atomic E-state index is -0.643. The molecule has 1 aliphatic rings. The summed E-state index contributed by atoms with van der Waals surface area (Å²) in [6.45, 7) is 2.16. The molecule has 3 N–H and O–H groups in total. The Morgan fingerprint density at radius 2 is 2.11 bits per heavy atom. The Bertz CT molecular complexity index is 427. The van der Waals surface area contributed by atoms with E-state index in [0.717, 1.165) is 24.8 Å². The summed E-state index contributed by atoms with van der Waals surface area (Å²) in [5.74, 6) is 0.882. The van der Waals surface area contributed by atoms with E-state index in [1.54, 1.807) is 24.3 Å². The van der Waals surface area contributed by atoms with Crippen LogP contribution < -0.4 is 5.73 Å². The molecule has 1 aromatic rings. The fourth-order valence-corrected chi connectivity index (χ4v) is 2.82. The SMILES string of the molecule is CC1CCCC(N)(C(=O)Cc2ccc(O)cc2)C1. The molecule has 1 aromatic carbocycles. The van der Waals surface area contributed by atoms with E-state index < -0.39 is 5.54 Å². The van der Waals surface area contributed by atoms with Crippen molar-refractivity contribution >= 4 is 5.78 Å². The zero-order chi connectivity index (χ0) is 13.2. The fourth-order valence-electron chi connectivity index (χ4n) is 2.82. The van der Waals surface area contributed by atoms with Gasteiger partial charge < -0.3 is 10.8 Å². The van der Waals surface area contributed by atoms with Gasteiger partial charge in [-0.1, -0.05) is 31.9 Å². The number of benzene rings is 1. The Morgan fingerprint density at radius 1 is 1.44 bits per heavy atom. The van der Waals surface area contributed by atoms with Crippen LogP contribution in [-0.4, -0.2) is 16.4 Å². The summed E-state index contributed by atoms with van der Waals surface area (Å²) in [6, 6.07) is 6.77. The number of nitrogens with two attached hydrogens (primary N) is 1. The number of phenols is 1. The van der Waals surface area contributed by atoms with Crippen molar-refractivity contribution in [3.8, 4) is 5.75 Å². The minimum absolute atomic E-state index is 0.125. The van der Waals surface area contributed by atoms with Crippen molar-refractivity contribution in [1.82, 2.24) is 0 Å². The van der Waals surface area contributed by atoms with Gasteiger partial charge in [-0.3, -0.25) is 4.79 Å². The normalized spacial score (nSPS) is 28.0. The number of ketones is 1. The van der Waals surface area contributed by atoms with Gasteiger partial charge in [-0.2, -0.15) is 0 Å². The number of hydrogen-bond donors (Lipinski definition) is 2. The van der Waals surface area contributed by atoms with Gasteiger partial charge >= 0.3 is 0 Å². The van der Waals surface area contributed by atoms with Crippen LogP contribution >= 0.6 is 0 Å². The van der Waals surface area contributed by atoms with Crippen LogP contribution in [0.1, 0.15) is 38.2 Å². The molecule has 0 aliphatic heterocycles. The van der Waals surface area contributed by atoms with Gasteiger partial charge in [0.25, 0.3) is 0 Å². The first-order chi connectivity index (χ1) is 8.49. The maximum atomic E-state index is 12.3. The van der Waals surface area contributed by atoms with Crippen molar-refractivity contribution in [3.63, 3.8) is 0 Å². The summed E-state index contributed by atoms with van der Waals surface area (Å²) in [4.78, 5) is 12.3. The molecule has 0 radical (unpaired) electrons. The molecule has 0 amide bonds. The van der Waals surface area contributed by atoms with Gasteiger partial charge in [0.1, 0.15) is 5.75 Å². The topological polar surface area (TPSA) is 63.3 Å². The summed E-state index contributed by atoms with van der Waals surface area (Å²) >= 11 is 0. The summed E-state index contributed by atoms with van der Waals surface area (Å²) in [5, 5.41) is 9.22. The quantitative estimate of drug-likeness (QED) is 0.862. The van der Waals surface area contributed by atoms with Crippen LogP contribution in [0.4, 0.5) is 0 Å². The third-order valence-electron chi connectivity index (χ3n) is 3.89. The van der Waals surface area contributed by atoms with Crippen LogP contribution in [0, 0.1) is 5.92 Å². The Hall–Kier alpha value is -1.35. The standard InChI is InChI=1S/C15H21NO2/c1-11-3-2-8-15(16,10-11)14(18)9-12-4-6-13(17)7-5-12/h4-7,11,17H,2-3,8-10,16H2,1H3.